The Morgan fingerprint density at radius 3 is 2.92 bits per heavy atom. The average Bonchev–Trinajstić information content (AvgIpc) is 2.91. The van der Waals surface area contributed by atoms with Gasteiger partial charge in [0.2, 0.25) is 5.95 Å². The maximum absolute atomic E-state index is 13.1. The molecule has 68 valence electrons. The Bertz CT molecular complexity index is 363. The monoisotopic (exact) mass is 243 g/mol. The summed E-state index contributed by atoms with van der Waals surface area (Å²) >= 11 is 3.15. The van der Waals surface area contributed by atoms with Crippen LogP contribution in [-0.4, -0.2) is 10.8 Å². The van der Waals surface area contributed by atoms with E-state index < -0.39 is 5.95 Å². The second kappa shape index (κ2) is 3.18. The van der Waals surface area contributed by atoms with Crippen molar-refractivity contribution in [2.75, 3.05) is 0 Å². The number of pyridine rings is 1. The third-order valence-corrected chi connectivity index (χ3v) is 2.45. The molecule has 13 heavy (non-hydrogen) atoms. The lowest BCUT2D eigenvalue weighted by atomic mass is 10.1. The molecule has 1 aromatic heterocycles. The maximum atomic E-state index is 13.1. The van der Waals surface area contributed by atoms with Gasteiger partial charge in [-0.25, -0.2) is 4.98 Å². The third kappa shape index (κ3) is 1.77. The van der Waals surface area contributed by atoms with E-state index in [2.05, 4.69) is 20.9 Å². The topological polar surface area (TPSA) is 30.0 Å². The minimum absolute atomic E-state index is 0.0330. The second-order valence-corrected chi connectivity index (χ2v) is 4.05. The number of hydrogen-bond donors (Lipinski definition) is 0. The lowest BCUT2D eigenvalue weighted by Crippen LogP contribution is -2.05. The molecule has 0 amide bonds. The molecule has 0 unspecified atom stereocenters. The first-order valence-electron chi connectivity index (χ1n) is 4.04. The van der Waals surface area contributed by atoms with Gasteiger partial charge >= 0.3 is 0 Å². The molecule has 4 heteroatoms. The third-order valence-electron chi connectivity index (χ3n) is 2.02. The summed E-state index contributed by atoms with van der Waals surface area (Å²) in [5.74, 6) is -0.753. The van der Waals surface area contributed by atoms with Crippen molar-refractivity contribution in [1.82, 2.24) is 4.98 Å². The van der Waals surface area contributed by atoms with Crippen molar-refractivity contribution in [3.63, 3.8) is 0 Å². The molecular formula is C9H7BrFNO. The number of nitrogens with zero attached hydrogens (tertiary/aromatic N) is 1. The largest absolute Gasteiger partial charge is 0.294 e. The van der Waals surface area contributed by atoms with E-state index in [1.54, 1.807) is 0 Å². The van der Waals surface area contributed by atoms with Gasteiger partial charge in [-0.15, -0.1) is 0 Å². The van der Waals surface area contributed by atoms with E-state index in [0.29, 0.717) is 4.47 Å². The van der Waals surface area contributed by atoms with E-state index in [0.717, 1.165) is 12.8 Å². The summed E-state index contributed by atoms with van der Waals surface area (Å²) in [7, 11) is 0. The van der Waals surface area contributed by atoms with Gasteiger partial charge < -0.3 is 0 Å². The number of Topliss-reactive ketones (excluding diaryl/α,β-unsaturated/α-hetero) is 1. The highest BCUT2D eigenvalue weighted by molar-refractivity contribution is 9.10. The average molecular weight is 244 g/mol. The van der Waals surface area contributed by atoms with E-state index in [1.165, 1.54) is 12.3 Å². The van der Waals surface area contributed by atoms with E-state index in [1.807, 2.05) is 0 Å². The fourth-order valence-corrected chi connectivity index (χ4v) is 1.49. The van der Waals surface area contributed by atoms with Crippen LogP contribution >= 0.6 is 15.9 Å². The van der Waals surface area contributed by atoms with Crippen molar-refractivity contribution in [3.05, 3.63) is 28.2 Å². The molecule has 0 atom stereocenters. The van der Waals surface area contributed by atoms with Crippen LogP contribution in [0.15, 0.2) is 16.7 Å². The van der Waals surface area contributed by atoms with E-state index in [9.17, 15) is 9.18 Å². The molecule has 0 saturated heterocycles. The van der Waals surface area contributed by atoms with E-state index in [4.69, 9.17) is 0 Å². The number of carbonyl (C=O) groups is 1. The number of halogens is 2. The Labute approximate surface area is 83.3 Å². The van der Waals surface area contributed by atoms with Gasteiger partial charge in [0.05, 0.1) is 5.56 Å². The van der Waals surface area contributed by atoms with Gasteiger partial charge in [0.1, 0.15) is 0 Å². The molecule has 2 nitrogen and oxygen atoms in total. The Hall–Kier alpha value is -0.770. The number of hydrogen-bond acceptors (Lipinski definition) is 2. The first-order valence-corrected chi connectivity index (χ1v) is 4.83. The van der Waals surface area contributed by atoms with E-state index in [-0.39, 0.29) is 17.3 Å². The summed E-state index contributed by atoms with van der Waals surface area (Å²) < 4.78 is 13.7. The Morgan fingerprint density at radius 2 is 2.31 bits per heavy atom. The van der Waals surface area contributed by atoms with Crippen LogP contribution in [0.25, 0.3) is 0 Å². The Kier molecular flexibility index (Phi) is 2.15. The minimum atomic E-state index is -0.667. The highest BCUT2D eigenvalue weighted by Gasteiger charge is 2.32. The predicted octanol–water partition coefficient (Wildman–Crippen LogP) is 2.58. The van der Waals surface area contributed by atoms with Gasteiger partial charge in [0.15, 0.2) is 5.78 Å². The Morgan fingerprint density at radius 1 is 1.62 bits per heavy atom. The molecule has 1 aromatic rings. The first kappa shape index (κ1) is 8.81. The molecule has 1 heterocycles. The lowest BCUT2D eigenvalue weighted by Gasteiger charge is -1.99. The molecule has 0 radical (unpaired) electrons. The molecule has 1 aliphatic rings. The predicted molar refractivity (Wildman–Crippen MR) is 48.9 cm³/mol. The SMILES string of the molecule is O=C(c1cc(Br)cnc1F)C1CC1. The zero-order chi connectivity index (χ0) is 9.42. The zero-order valence-electron chi connectivity index (χ0n) is 6.76. The summed E-state index contributed by atoms with van der Waals surface area (Å²) in [5.41, 5.74) is 0.108. The molecule has 2 rings (SSSR count). The summed E-state index contributed by atoms with van der Waals surface area (Å²) in [4.78, 5) is 15.0. The van der Waals surface area contributed by atoms with Crippen LogP contribution in [0.5, 0.6) is 0 Å². The van der Waals surface area contributed by atoms with Crippen LogP contribution < -0.4 is 0 Å². The van der Waals surface area contributed by atoms with Gasteiger partial charge in [-0.3, -0.25) is 4.79 Å². The summed E-state index contributed by atoms with van der Waals surface area (Å²) in [6.07, 6.45) is 3.11. The van der Waals surface area contributed by atoms with Gasteiger partial charge in [-0.2, -0.15) is 4.39 Å². The van der Waals surface area contributed by atoms with Crippen LogP contribution in [0, 0.1) is 11.9 Å². The molecule has 0 spiro atoms. The van der Waals surface area contributed by atoms with Crippen LogP contribution in [-0.2, 0) is 0 Å². The van der Waals surface area contributed by atoms with Crippen molar-refractivity contribution in [2.24, 2.45) is 5.92 Å². The molecule has 0 aliphatic heterocycles. The molecule has 0 N–H and O–H groups in total. The molecule has 0 bridgehead atoms. The highest BCUT2D eigenvalue weighted by atomic mass is 79.9. The van der Waals surface area contributed by atoms with Crippen molar-refractivity contribution in [1.29, 1.82) is 0 Å². The first-order chi connectivity index (χ1) is 6.18. The van der Waals surface area contributed by atoms with Gasteiger partial charge in [-0.05, 0) is 34.8 Å². The van der Waals surface area contributed by atoms with Crippen molar-refractivity contribution in [2.45, 2.75) is 12.8 Å². The summed E-state index contributed by atoms with van der Waals surface area (Å²) in [5, 5.41) is 0. The molecule has 0 aromatic carbocycles. The Balaban J connectivity index is 2.37. The molecule has 1 fully saturated rings. The van der Waals surface area contributed by atoms with Crippen LogP contribution in [0.2, 0.25) is 0 Å². The van der Waals surface area contributed by atoms with Gasteiger partial charge in [0.25, 0.3) is 0 Å². The number of aromatic nitrogens is 1. The maximum Gasteiger partial charge on any atom is 0.223 e. The number of carbonyl (C=O) groups excluding carboxylic acids is 1. The van der Waals surface area contributed by atoms with Crippen molar-refractivity contribution >= 4 is 21.7 Å². The van der Waals surface area contributed by atoms with Crippen LogP contribution in [0.4, 0.5) is 4.39 Å². The standard InChI is InChI=1S/C9H7BrFNO/c10-6-3-7(9(11)12-4-6)8(13)5-1-2-5/h3-5H,1-2H2. The van der Waals surface area contributed by atoms with Crippen LogP contribution in [0.3, 0.4) is 0 Å². The fourth-order valence-electron chi connectivity index (χ4n) is 1.16. The van der Waals surface area contributed by atoms with Crippen molar-refractivity contribution < 1.29 is 9.18 Å². The number of rotatable bonds is 2. The molecule has 1 saturated carbocycles. The highest BCUT2D eigenvalue weighted by Crippen LogP contribution is 2.33. The summed E-state index contributed by atoms with van der Waals surface area (Å²) in [6.45, 7) is 0. The van der Waals surface area contributed by atoms with Gasteiger partial charge in [0, 0.05) is 16.6 Å². The number of ketones is 1. The molecule has 1 aliphatic carbocycles. The molecular weight excluding hydrogens is 237 g/mol. The fraction of sp³-hybridized carbons (Fsp3) is 0.333. The van der Waals surface area contributed by atoms with Gasteiger partial charge in [-0.1, -0.05) is 0 Å². The minimum Gasteiger partial charge on any atom is -0.294 e. The van der Waals surface area contributed by atoms with Crippen molar-refractivity contribution in [3.8, 4) is 0 Å². The summed E-state index contributed by atoms with van der Waals surface area (Å²) in [6, 6.07) is 1.49. The second-order valence-electron chi connectivity index (χ2n) is 3.13. The van der Waals surface area contributed by atoms with Crippen LogP contribution in [0.1, 0.15) is 23.2 Å². The zero-order valence-corrected chi connectivity index (χ0v) is 8.34. The van der Waals surface area contributed by atoms with E-state index >= 15 is 0 Å². The smallest absolute Gasteiger partial charge is 0.223 e. The lowest BCUT2D eigenvalue weighted by molar-refractivity contribution is 0.0962. The quantitative estimate of drug-likeness (QED) is 0.591. The normalized spacial score (nSPS) is 15.8.